The number of hydrogen-bond donors (Lipinski definition) is 2. The third-order valence-electron chi connectivity index (χ3n) is 3.16. The molecule has 1 unspecified atom stereocenters. The third kappa shape index (κ3) is 0.968. The normalized spacial score (nSPS) is 26.2. The zero-order chi connectivity index (χ0) is 12.2. The lowest BCUT2D eigenvalue weighted by atomic mass is 9.92. The largest absolute Gasteiger partial charge is 0.323 e. The van der Waals surface area contributed by atoms with Gasteiger partial charge in [-0.05, 0) is 6.07 Å². The lowest BCUT2D eigenvalue weighted by molar-refractivity contribution is -0.133. The first kappa shape index (κ1) is 9.83. The summed E-state index contributed by atoms with van der Waals surface area (Å²) in [6.07, 6.45) is 0. The molecule has 2 N–H and O–H groups in total. The molecule has 4 amide bonds. The maximum absolute atomic E-state index is 12.2. The van der Waals surface area contributed by atoms with Crippen LogP contribution in [-0.2, 0) is 15.1 Å². The number of urea groups is 1. The van der Waals surface area contributed by atoms with Crippen LogP contribution in [0.15, 0.2) is 24.3 Å². The van der Waals surface area contributed by atoms with E-state index in [1.54, 1.807) is 31.3 Å². The highest BCUT2D eigenvalue weighted by Gasteiger charge is 2.60. The van der Waals surface area contributed by atoms with E-state index in [9.17, 15) is 14.4 Å². The summed E-state index contributed by atoms with van der Waals surface area (Å²) in [5.41, 5.74) is -0.437. The van der Waals surface area contributed by atoms with E-state index < -0.39 is 23.4 Å². The predicted octanol–water partition coefficient (Wildman–Crippen LogP) is -0.302. The van der Waals surface area contributed by atoms with Gasteiger partial charge in [0.25, 0.3) is 11.8 Å². The molecule has 1 aromatic carbocycles. The summed E-state index contributed by atoms with van der Waals surface area (Å²) < 4.78 is 0. The Balaban J connectivity index is 2.29. The molecule has 2 heterocycles. The summed E-state index contributed by atoms with van der Waals surface area (Å²) in [5.74, 6) is -1.06. The van der Waals surface area contributed by atoms with Crippen molar-refractivity contribution in [1.29, 1.82) is 0 Å². The molecule has 3 rings (SSSR count). The van der Waals surface area contributed by atoms with Crippen LogP contribution >= 0.6 is 0 Å². The van der Waals surface area contributed by atoms with Crippen LogP contribution in [0.2, 0.25) is 0 Å². The van der Waals surface area contributed by atoms with Crippen molar-refractivity contribution in [2.45, 2.75) is 5.54 Å². The van der Waals surface area contributed by atoms with Crippen molar-refractivity contribution in [2.24, 2.45) is 0 Å². The van der Waals surface area contributed by atoms with E-state index in [-0.39, 0.29) is 0 Å². The van der Waals surface area contributed by atoms with Crippen LogP contribution in [0.1, 0.15) is 5.56 Å². The van der Waals surface area contributed by atoms with Crippen LogP contribution in [0.3, 0.4) is 0 Å². The van der Waals surface area contributed by atoms with Crippen LogP contribution in [0, 0.1) is 0 Å². The van der Waals surface area contributed by atoms with Crippen molar-refractivity contribution in [3.8, 4) is 0 Å². The molecule has 0 radical (unpaired) electrons. The summed E-state index contributed by atoms with van der Waals surface area (Å²) in [6.45, 7) is 0. The fourth-order valence-electron chi connectivity index (χ4n) is 2.35. The topological polar surface area (TPSA) is 78.5 Å². The van der Waals surface area contributed by atoms with Gasteiger partial charge in [0.1, 0.15) is 0 Å². The smallest absolute Gasteiger partial charge is 0.312 e. The van der Waals surface area contributed by atoms with Crippen molar-refractivity contribution in [3.05, 3.63) is 29.8 Å². The lowest BCUT2D eigenvalue weighted by Crippen LogP contribution is -2.51. The fraction of sp³-hybridized carbons (Fsp3) is 0.182. The van der Waals surface area contributed by atoms with Crippen molar-refractivity contribution in [2.75, 3.05) is 11.9 Å². The number of imide groups is 1. The number of fused-ring (bicyclic) bond motifs is 2. The molecule has 2 aliphatic heterocycles. The first-order valence-electron chi connectivity index (χ1n) is 5.08. The molecule has 17 heavy (non-hydrogen) atoms. The van der Waals surface area contributed by atoms with Gasteiger partial charge in [-0.1, -0.05) is 18.2 Å². The number of benzene rings is 1. The van der Waals surface area contributed by atoms with Crippen LogP contribution in [0.25, 0.3) is 0 Å². The van der Waals surface area contributed by atoms with E-state index in [1.807, 2.05) is 0 Å². The number of amides is 4. The lowest BCUT2D eigenvalue weighted by Gasteiger charge is -2.18. The zero-order valence-electron chi connectivity index (χ0n) is 8.98. The second kappa shape index (κ2) is 2.85. The summed E-state index contributed by atoms with van der Waals surface area (Å²) in [7, 11) is 1.58. The second-order valence-electron chi connectivity index (χ2n) is 4.04. The van der Waals surface area contributed by atoms with E-state index in [1.165, 1.54) is 4.90 Å². The molecule has 1 aromatic rings. The molecule has 86 valence electrons. The molecule has 1 saturated heterocycles. The Hall–Kier alpha value is -2.37. The number of nitrogens with one attached hydrogen (secondary N) is 2. The van der Waals surface area contributed by atoms with E-state index in [4.69, 9.17) is 0 Å². The Morgan fingerprint density at radius 1 is 1.18 bits per heavy atom. The van der Waals surface area contributed by atoms with E-state index in [2.05, 4.69) is 10.6 Å². The summed E-state index contributed by atoms with van der Waals surface area (Å²) >= 11 is 0. The predicted molar refractivity (Wildman–Crippen MR) is 58.2 cm³/mol. The van der Waals surface area contributed by atoms with Gasteiger partial charge in [0.15, 0.2) is 0 Å². The molecule has 0 aromatic heterocycles. The molecule has 0 saturated carbocycles. The molecular weight excluding hydrogens is 222 g/mol. The van der Waals surface area contributed by atoms with E-state index in [0.29, 0.717) is 11.3 Å². The number of carbonyl (C=O) groups excluding carboxylic acids is 3. The molecule has 0 aliphatic carbocycles. The third-order valence-corrected chi connectivity index (χ3v) is 3.16. The molecule has 6 heteroatoms. The summed E-state index contributed by atoms with van der Waals surface area (Å²) in [6, 6.07) is 6.26. The van der Waals surface area contributed by atoms with E-state index >= 15 is 0 Å². The number of hydrogen-bond acceptors (Lipinski definition) is 3. The average Bonchev–Trinajstić information content (AvgIpc) is 2.72. The molecule has 1 fully saturated rings. The van der Waals surface area contributed by atoms with Gasteiger partial charge in [-0.15, -0.1) is 0 Å². The van der Waals surface area contributed by atoms with Gasteiger partial charge in [-0.2, -0.15) is 0 Å². The van der Waals surface area contributed by atoms with Crippen molar-refractivity contribution < 1.29 is 14.4 Å². The zero-order valence-corrected chi connectivity index (χ0v) is 8.98. The van der Waals surface area contributed by atoms with Gasteiger partial charge in [-0.25, -0.2) is 4.79 Å². The minimum atomic E-state index is -1.58. The van der Waals surface area contributed by atoms with Gasteiger partial charge < -0.3 is 10.2 Å². The van der Waals surface area contributed by atoms with Crippen molar-refractivity contribution in [1.82, 2.24) is 10.6 Å². The highest BCUT2D eigenvalue weighted by atomic mass is 16.2. The summed E-state index contributed by atoms with van der Waals surface area (Å²) in [5, 5.41) is 4.53. The number of rotatable bonds is 0. The summed E-state index contributed by atoms with van der Waals surface area (Å²) in [4.78, 5) is 36.7. The van der Waals surface area contributed by atoms with Crippen molar-refractivity contribution in [3.63, 3.8) is 0 Å². The molecular formula is C11H9N3O3. The fourth-order valence-corrected chi connectivity index (χ4v) is 2.35. The van der Waals surface area contributed by atoms with Gasteiger partial charge in [0, 0.05) is 12.6 Å². The van der Waals surface area contributed by atoms with Gasteiger partial charge in [0.05, 0.1) is 5.69 Å². The molecule has 2 aliphatic rings. The number of carbonyl (C=O) groups is 3. The first-order valence-corrected chi connectivity index (χ1v) is 5.08. The number of anilines is 1. The van der Waals surface area contributed by atoms with E-state index in [0.717, 1.165) is 0 Å². The monoisotopic (exact) mass is 231 g/mol. The highest BCUT2D eigenvalue weighted by molar-refractivity contribution is 6.27. The quantitative estimate of drug-likeness (QED) is 0.475. The average molecular weight is 231 g/mol. The van der Waals surface area contributed by atoms with Crippen LogP contribution in [-0.4, -0.2) is 24.9 Å². The van der Waals surface area contributed by atoms with Gasteiger partial charge >= 0.3 is 6.03 Å². The van der Waals surface area contributed by atoms with Gasteiger partial charge in [0.2, 0.25) is 5.54 Å². The Morgan fingerprint density at radius 2 is 1.88 bits per heavy atom. The molecule has 0 bridgehead atoms. The maximum Gasteiger partial charge on any atom is 0.323 e. The Kier molecular flexibility index (Phi) is 1.65. The minimum Gasteiger partial charge on any atom is -0.312 e. The Morgan fingerprint density at radius 3 is 2.53 bits per heavy atom. The molecule has 6 nitrogen and oxygen atoms in total. The Labute approximate surface area is 96.6 Å². The number of nitrogens with zero attached hydrogens (tertiary/aromatic N) is 1. The minimum absolute atomic E-state index is 0.443. The maximum atomic E-state index is 12.2. The standard InChI is InChI=1S/C11H9N3O3/c1-14-7-5-3-2-4-6(7)11(9(14)16)8(15)12-10(17)13-11/h2-5H,1H3,(H2,12,13,15,17). The number of likely N-dealkylation sites (N-methyl/N-ethyl adjacent to an activating group) is 1. The van der Waals surface area contributed by atoms with Crippen LogP contribution < -0.4 is 15.5 Å². The Bertz CT molecular complexity index is 569. The first-order chi connectivity index (χ1) is 8.07. The SMILES string of the molecule is CN1C(=O)C2(NC(=O)NC2=O)c2ccccc21. The number of para-hydroxylation sites is 1. The van der Waals surface area contributed by atoms with Crippen LogP contribution in [0.5, 0.6) is 0 Å². The highest BCUT2D eigenvalue weighted by Crippen LogP contribution is 2.40. The van der Waals surface area contributed by atoms with Crippen LogP contribution in [0.4, 0.5) is 10.5 Å². The molecule has 1 atom stereocenters. The van der Waals surface area contributed by atoms with Crippen molar-refractivity contribution >= 4 is 23.5 Å². The molecule has 1 spiro atoms. The van der Waals surface area contributed by atoms with Gasteiger partial charge in [-0.3, -0.25) is 14.9 Å². The second-order valence-corrected chi connectivity index (χ2v) is 4.04.